The first-order chi connectivity index (χ1) is 17.8. The average Bonchev–Trinajstić information content (AvgIpc) is 3.23. The number of aromatic nitrogens is 4. The van der Waals surface area contributed by atoms with E-state index in [1.165, 1.54) is 6.08 Å². The first kappa shape index (κ1) is 25.6. The molecule has 0 aliphatic carbocycles. The van der Waals surface area contributed by atoms with Crippen LogP contribution in [0.2, 0.25) is 0 Å². The molecule has 2 aromatic carbocycles. The number of ether oxygens (including phenoxy) is 1. The number of fused-ring (bicyclic) bond motifs is 1. The van der Waals surface area contributed by atoms with Gasteiger partial charge in [0, 0.05) is 32.4 Å². The number of carbonyl (C=O) groups excluding carboxylic acids is 1. The zero-order valence-electron chi connectivity index (χ0n) is 21.8. The second-order valence-corrected chi connectivity index (χ2v) is 8.83. The molecule has 0 spiro atoms. The monoisotopic (exact) mass is 500 g/mol. The number of amides is 1. The van der Waals surface area contributed by atoms with Crippen LogP contribution in [-0.2, 0) is 4.79 Å². The molecule has 4 aromatic rings. The maximum absolute atomic E-state index is 12.2. The van der Waals surface area contributed by atoms with Crippen molar-refractivity contribution < 1.29 is 9.53 Å². The van der Waals surface area contributed by atoms with Crippen LogP contribution in [0.3, 0.4) is 0 Å². The largest absolute Gasteiger partial charge is 0.494 e. The summed E-state index contributed by atoms with van der Waals surface area (Å²) in [6.07, 6.45) is 2.93. The number of likely N-dealkylation sites (N-methyl/N-ethyl adjacent to an activating group) is 2. The van der Waals surface area contributed by atoms with Crippen LogP contribution >= 0.6 is 0 Å². The van der Waals surface area contributed by atoms with E-state index in [9.17, 15) is 4.79 Å². The molecule has 192 valence electrons. The van der Waals surface area contributed by atoms with E-state index in [0.717, 1.165) is 35.6 Å². The molecule has 1 amide bonds. The van der Waals surface area contributed by atoms with Crippen molar-refractivity contribution in [2.45, 2.75) is 6.92 Å². The minimum absolute atomic E-state index is 0.306. The summed E-state index contributed by atoms with van der Waals surface area (Å²) in [5, 5.41) is 6.16. The van der Waals surface area contributed by atoms with E-state index in [2.05, 4.69) is 37.0 Å². The summed E-state index contributed by atoms with van der Waals surface area (Å²) in [7, 11) is 7.61. The molecule has 0 saturated heterocycles. The van der Waals surface area contributed by atoms with Crippen molar-refractivity contribution in [1.82, 2.24) is 24.4 Å². The van der Waals surface area contributed by atoms with Crippen molar-refractivity contribution in [3.63, 3.8) is 0 Å². The lowest BCUT2D eigenvalue weighted by Crippen LogP contribution is -2.29. The number of hydrogen-bond donors (Lipinski definition) is 2. The number of nitrogens with zero attached hydrogens (tertiary/aromatic N) is 6. The third-order valence-electron chi connectivity index (χ3n) is 5.90. The molecule has 37 heavy (non-hydrogen) atoms. The third kappa shape index (κ3) is 5.70. The maximum Gasteiger partial charge on any atom is 0.247 e. The van der Waals surface area contributed by atoms with Crippen molar-refractivity contribution in [3.8, 4) is 11.6 Å². The van der Waals surface area contributed by atoms with E-state index in [1.807, 2.05) is 75.1 Å². The molecule has 0 atom stereocenters. The lowest BCUT2D eigenvalue weighted by molar-refractivity contribution is -0.111. The first-order valence-corrected chi connectivity index (χ1v) is 11.9. The molecule has 10 nitrogen and oxygen atoms in total. The lowest BCUT2D eigenvalue weighted by Gasteiger charge is -2.26. The van der Waals surface area contributed by atoms with Gasteiger partial charge in [0.2, 0.25) is 11.9 Å². The number of carbonyl (C=O) groups is 1. The summed E-state index contributed by atoms with van der Waals surface area (Å²) in [6, 6.07) is 13.4. The van der Waals surface area contributed by atoms with Gasteiger partial charge in [0.1, 0.15) is 17.4 Å². The highest BCUT2D eigenvalue weighted by atomic mass is 16.5. The van der Waals surface area contributed by atoms with Crippen LogP contribution in [0.1, 0.15) is 5.82 Å². The molecular formula is C27H32N8O2. The van der Waals surface area contributed by atoms with Crippen LogP contribution in [0.15, 0.2) is 61.3 Å². The van der Waals surface area contributed by atoms with Gasteiger partial charge in [0.25, 0.3) is 0 Å². The SMILES string of the molecule is C=CC(=O)Nc1cc(Nc2nccc(-n3c(C)nc4ccccc43)n2)c(OC)cc1N(C)CCN(C)C. The number of aryl methyl sites for hydroxylation is 1. The third-order valence-corrected chi connectivity index (χ3v) is 5.90. The Hall–Kier alpha value is -4.44. The maximum atomic E-state index is 12.2. The summed E-state index contributed by atoms with van der Waals surface area (Å²) < 4.78 is 7.68. The van der Waals surface area contributed by atoms with Crippen molar-refractivity contribution in [2.75, 3.05) is 56.9 Å². The van der Waals surface area contributed by atoms with Crippen LogP contribution in [0.4, 0.5) is 23.0 Å². The molecule has 2 N–H and O–H groups in total. The molecule has 0 fully saturated rings. The number of rotatable bonds is 10. The van der Waals surface area contributed by atoms with Crippen LogP contribution in [0.25, 0.3) is 16.9 Å². The van der Waals surface area contributed by atoms with Gasteiger partial charge in [-0.3, -0.25) is 9.36 Å². The quantitative estimate of drug-likeness (QED) is 0.315. The predicted molar refractivity (Wildman–Crippen MR) is 148 cm³/mol. The number of anilines is 4. The van der Waals surface area contributed by atoms with E-state index in [0.29, 0.717) is 28.9 Å². The van der Waals surface area contributed by atoms with Gasteiger partial charge in [0.05, 0.1) is 35.2 Å². The Morgan fingerprint density at radius 3 is 2.62 bits per heavy atom. The molecule has 0 unspecified atom stereocenters. The fourth-order valence-electron chi connectivity index (χ4n) is 4.00. The summed E-state index contributed by atoms with van der Waals surface area (Å²) in [6.45, 7) is 7.12. The first-order valence-electron chi connectivity index (χ1n) is 11.9. The van der Waals surface area contributed by atoms with Crippen molar-refractivity contribution in [2.24, 2.45) is 0 Å². The number of nitrogens with one attached hydrogen (secondary N) is 2. The number of para-hydroxylation sites is 2. The molecule has 2 heterocycles. The number of hydrogen-bond acceptors (Lipinski definition) is 8. The van der Waals surface area contributed by atoms with Crippen LogP contribution < -0.4 is 20.3 Å². The molecule has 2 aromatic heterocycles. The Morgan fingerprint density at radius 1 is 1.11 bits per heavy atom. The molecule has 0 aliphatic heterocycles. The lowest BCUT2D eigenvalue weighted by atomic mass is 10.2. The smallest absolute Gasteiger partial charge is 0.247 e. The Balaban J connectivity index is 1.71. The molecule has 0 radical (unpaired) electrons. The minimum Gasteiger partial charge on any atom is -0.494 e. The Labute approximate surface area is 216 Å². The highest BCUT2D eigenvalue weighted by Crippen LogP contribution is 2.38. The second-order valence-electron chi connectivity index (χ2n) is 8.83. The van der Waals surface area contributed by atoms with Crippen LogP contribution in [0, 0.1) is 6.92 Å². The zero-order valence-corrected chi connectivity index (χ0v) is 21.8. The highest BCUT2D eigenvalue weighted by Gasteiger charge is 2.17. The van der Waals surface area contributed by atoms with Gasteiger partial charge in [-0.25, -0.2) is 9.97 Å². The Kier molecular flexibility index (Phi) is 7.69. The zero-order chi connectivity index (χ0) is 26.5. The molecule has 0 bridgehead atoms. The van der Waals surface area contributed by atoms with Crippen LogP contribution in [-0.4, -0.2) is 71.7 Å². The topological polar surface area (TPSA) is 100 Å². The van der Waals surface area contributed by atoms with Gasteiger partial charge in [-0.2, -0.15) is 4.98 Å². The van der Waals surface area contributed by atoms with Gasteiger partial charge in [-0.15, -0.1) is 0 Å². The molecule has 4 rings (SSSR count). The molecular weight excluding hydrogens is 468 g/mol. The normalized spacial score (nSPS) is 11.0. The van der Waals surface area contributed by atoms with Crippen molar-refractivity contribution >= 4 is 40.0 Å². The Bertz CT molecular complexity index is 1430. The average molecular weight is 501 g/mol. The predicted octanol–water partition coefficient (Wildman–Crippen LogP) is 4.00. The molecule has 10 heteroatoms. The van der Waals surface area contributed by atoms with Gasteiger partial charge in [-0.05, 0) is 51.4 Å². The number of imidazole rings is 1. The van der Waals surface area contributed by atoms with Gasteiger partial charge in [0.15, 0.2) is 0 Å². The highest BCUT2D eigenvalue weighted by molar-refractivity contribution is 6.02. The van der Waals surface area contributed by atoms with Crippen molar-refractivity contribution in [1.29, 1.82) is 0 Å². The van der Waals surface area contributed by atoms with Gasteiger partial charge in [-0.1, -0.05) is 18.7 Å². The molecule has 0 aliphatic rings. The minimum atomic E-state index is -0.306. The van der Waals surface area contributed by atoms with Crippen LogP contribution in [0.5, 0.6) is 5.75 Å². The summed E-state index contributed by atoms with van der Waals surface area (Å²) in [4.78, 5) is 30.2. The van der Waals surface area contributed by atoms with Gasteiger partial charge >= 0.3 is 0 Å². The number of benzene rings is 2. The van der Waals surface area contributed by atoms with E-state index in [1.54, 1.807) is 13.3 Å². The molecule has 0 saturated carbocycles. The van der Waals surface area contributed by atoms with E-state index in [4.69, 9.17) is 9.72 Å². The Morgan fingerprint density at radius 2 is 1.89 bits per heavy atom. The summed E-state index contributed by atoms with van der Waals surface area (Å²) in [5.74, 6) is 2.16. The summed E-state index contributed by atoms with van der Waals surface area (Å²) >= 11 is 0. The number of methoxy groups -OCH3 is 1. The fraction of sp³-hybridized carbons (Fsp3) is 0.259. The summed E-state index contributed by atoms with van der Waals surface area (Å²) in [5.41, 5.74) is 3.89. The van der Waals surface area contributed by atoms with E-state index < -0.39 is 0 Å². The van der Waals surface area contributed by atoms with Crippen molar-refractivity contribution in [3.05, 3.63) is 67.1 Å². The standard InChI is InChI=1S/C27H32N8O2/c1-7-26(36)30-20-16-21(24(37-6)17-23(20)34(5)15-14-33(3)4)31-27-28-13-12-25(32-27)35-18(2)29-19-10-8-9-11-22(19)35/h7-13,16-17H,1,14-15H2,2-6H3,(H,30,36)(H,28,31,32). The second kappa shape index (κ2) is 11.1. The van der Waals surface area contributed by atoms with E-state index in [-0.39, 0.29) is 5.91 Å². The van der Waals surface area contributed by atoms with Gasteiger partial charge < -0.3 is 25.2 Å². The van der Waals surface area contributed by atoms with E-state index >= 15 is 0 Å². The fourth-order valence-corrected chi connectivity index (χ4v) is 4.00.